The smallest absolute Gasteiger partial charge is 0.233 e. The van der Waals surface area contributed by atoms with Crippen LogP contribution in [0.5, 0.6) is 0 Å². The van der Waals surface area contributed by atoms with Crippen LogP contribution in [0.3, 0.4) is 0 Å². The van der Waals surface area contributed by atoms with Gasteiger partial charge in [-0.15, -0.1) is 23.4 Å². The zero-order valence-electron chi connectivity index (χ0n) is 13.9. The van der Waals surface area contributed by atoms with Crippen LogP contribution in [-0.4, -0.2) is 44.4 Å². The molecule has 2 aromatic rings. The zero-order valence-corrected chi connectivity index (χ0v) is 14.7. The van der Waals surface area contributed by atoms with Crippen LogP contribution in [0.25, 0.3) is 11.4 Å². The van der Waals surface area contributed by atoms with Gasteiger partial charge in [-0.25, -0.2) is 0 Å². The Bertz CT molecular complexity index is 686. The number of benzene rings is 1. The summed E-state index contributed by atoms with van der Waals surface area (Å²) in [6.45, 7) is 11.2. The van der Waals surface area contributed by atoms with Crippen LogP contribution in [0.2, 0.25) is 0 Å². The lowest BCUT2D eigenvalue weighted by Gasteiger charge is -2.18. The first-order valence-corrected chi connectivity index (χ1v) is 8.80. The number of amides is 1. The third kappa shape index (κ3) is 4.35. The molecule has 1 aromatic carbocycles. The van der Waals surface area contributed by atoms with Gasteiger partial charge >= 0.3 is 0 Å². The molecule has 126 valence electrons. The minimum atomic E-state index is 0.0340. The van der Waals surface area contributed by atoms with Crippen molar-refractivity contribution in [3.8, 4) is 11.4 Å². The maximum atomic E-state index is 12.3. The molecule has 0 N–H and O–H groups in total. The molecule has 1 amide bonds. The maximum Gasteiger partial charge on any atom is 0.233 e. The molecule has 1 aromatic heterocycles. The molecule has 6 heteroatoms. The molecule has 0 aliphatic carbocycles. The summed E-state index contributed by atoms with van der Waals surface area (Å²) in [5.41, 5.74) is 1.02. The van der Waals surface area contributed by atoms with Crippen LogP contribution in [0.15, 0.2) is 60.8 Å². The summed E-state index contributed by atoms with van der Waals surface area (Å²) in [5, 5.41) is 9.29. The van der Waals surface area contributed by atoms with E-state index in [9.17, 15) is 4.79 Å². The second-order valence-electron chi connectivity index (χ2n) is 5.08. The van der Waals surface area contributed by atoms with E-state index in [1.54, 1.807) is 17.1 Å². The monoisotopic (exact) mass is 342 g/mol. The fraction of sp³-hybridized carbons (Fsp3) is 0.278. The summed E-state index contributed by atoms with van der Waals surface area (Å²) in [5.74, 6) is 1.17. The van der Waals surface area contributed by atoms with Crippen molar-refractivity contribution in [2.75, 3.05) is 18.8 Å². The van der Waals surface area contributed by atoms with E-state index in [4.69, 9.17) is 0 Å². The molecule has 1 heterocycles. The van der Waals surface area contributed by atoms with Crippen LogP contribution in [0.4, 0.5) is 0 Å². The van der Waals surface area contributed by atoms with Crippen molar-refractivity contribution >= 4 is 17.7 Å². The van der Waals surface area contributed by atoms with E-state index in [1.807, 2.05) is 41.8 Å². The minimum Gasteiger partial charge on any atom is -0.335 e. The average Bonchev–Trinajstić information content (AvgIpc) is 3.03. The van der Waals surface area contributed by atoms with Gasteiger partial charge in [0.25, 0.3) is 0 Å². The van der Waals surface area contributed by atoms with Gasteiger partial charge in [-0.05, 0) is 6.92 Å². The molecule has 0 atom stereocenters. The van der Waals surface area contributed by atoms with E-state index in [-0.39, 0.29) is 5.91 Å². The Morgan fingerprint density at radius 2 is 1.88 bits per heavy atom. The van der Waals surface area contributed by atoms with E-state index in [1.165, 1.54) is 11.8 Å². The fourth-order valence-electron chi connectivity index (χ4n) is 2.29. The first-order chi connectivity index (χ1) is 11.7. The Labute approximate surface area is 147 Å². The highest BCUT2D eigenvalue weighted by atomic mass is 32.2. The topological polar surface area (TPSA) is 51.0 Å². The first-order valence-electron chi connectivity index (χ1n) is 7.82. The quantitative estimate of drug-likeness (QED) is 0.518. The van der Waals surface area contributed by atoms with Gasteiger partial charge in [0.15, 0.2) is 11.0 Å². The molecular weight excluding hydrogens is 320 g/mol. The van der Waals surface area contributed by atoms with Crippen molar-refractivity contribution in [2.24, 2.45) is 0 Å². The third-order valence-corrected chi connectivity index (χ3v) is 4.39. The molecule has 0 unspecified atom stereocenters. The Morgan fingerprint density at radius 3 is 2.46 bits per heavy atom. The lowest BCUT2D eigenvalue weighted by molar-refractivity contribution is -0.127. The molecule has 2 rings (SSSR count). The largest absolute Gasteiger partial charge is 0.335 e. The molecular formula is C18H22N4OS. The molecule has 0 saturated carbocycles. The zero-order chi connectivity index (χ0) is 17.4. The molecule has 5 nitrogen and oxygen atoms in total. The average molecular weight is 342 g/mol. The van der Waals surface area contributed by atoms with Gasteiger partial charge in [0.2, 0.25) is 5.91 Å². The van der Waals surface area contributed by atoms with Crippen molar-refractivity contribution in [2.45, 2.75) is 18.6 Å². The molecule has 0 radical (unpaired) electrons. The lowest BCUT2D eigenvalue weighted by Crippen LogP contribution is -2.32. The molecule has 24 heavy (non-hydrogen) atoms. The second-order valence-corrected chi connectivity index (χ2v) is 6.02. The summed E-state index contributed by atoms with van der Waals surface area (Å²) in [7, 11) is 0. The summed E-state index contributed by atoms with van der Waals surface area (Å²) >= 11 is 1.40. The highest BCUT2D eigenvalue weighted by Gasteiger charge is 2.16. The molecule has 0 aliphatic heterocycles. The van der Waals surface area contributed by atoms with Crippen LogP contribution in [-0.2, 0) is 11.3 Å². The van der Waals surface area contributed by atoms with Gasteiger partial charge in [-0.2, -0.15) is 0 Å². The van der Waals surface area contributed by atoms with Crippen LogP contribution < -0.4 is 0 Å². The predicted molar refractivity (Wildman–Crippen MR) is 98.8 cm³/mol. The van der Waals surface area contributed by atoms with Crippen molar-refractivity contribution in [1.82, 2.24) is 19.7 Å². The highest BCUT2D eigenvalue weighted by Crippen LogP contribution is 2.23. The van der Waals surface area contributed by atoms with Gasteiger partial charge in [0.1, 0.15) is 0 Å². The number of carbonyl (C=O) groups is 1. The Kier molecular flexibility index (Phi) is 6.81. The SMILES string of the molecule is C=CCN(CC=C)C(=O)CSc1nnc(-c2ccccc2)n1CC. The van der Waals surface area contributed by atoms with E-state index in [0.717, 1.165) is 23.1 Å². The normalized spacial score (nSPS) is 10.4. The highest BCUT2D eigenvalue weighted by molar-refractivity contribution is 7.99. The van der Waals surface area contributed by atoms with Crippen molar-refractivity contribution in [3.05, 3.63) is 55.6 Å². The maximum absolute atomic E-state index is 12.3. The van der Waals surface area contributed by atoms with Crippen LogP contribution in [0, 0.1) is 0 Å². The van der Waals surface area contributed by atoms with Gasteiger partial charge in [0.05, 0.1) is 5.75 Å². The number of hydrogen-bond acceptors (Lipinski definition) is 4. The fourth-order valence-corrected chi connectivity index (χ4v) is 3.19. The number of nitrogens with zero attached hydrogens (tertiary/aromatic N) is 4. The molecule has 0 fully saturated rings. The van der Waals surface area contributed by atoms with Gasteiger partial charge in [0, 0.05) is 25.2 Å². The van der Waals surface area contributed by atoms with Crippen molar-refractivity contribution in [3.63, 3.8) is 0 Å². The Morgan fingerprint density at radius 1 is 1.21 bits per heavy atom. The van der Waals surface area contributed by atoms with E-state index >= 15 is 0 Å². The number of hydrogen-bond donors (Lipinski definition) is 0. The van der Waals surface area contributed by atoms with Crippen LogP contribution in [0.1, 0.15) is 6.92 Å². The van der Waals surface area contributed by atoms with Gasteiger partial charge in [-0.1, -0.05) is 54.2 Å². The summed E-state index contributed by atoms with van der Waals surface area (Å²) in [6, 6.07) is 9.93. The van der Waals surface area contributed by atoms with E-state index in [2.05, 4.69) is 23.4 Å². The van der Waals surface area contributed by atoms with Gasteiger partial charge < -0.3 is 9.47 Å². The first kappa shape index (κ1) is 18.0. The summed E-state index contributed by atoms with van der Waals surface area (Å²) < 4.78 is 2.03. The summed E-state index contributed by atoms with van der Waals surface area (Å²) in [6.07, 6.45) is 3.43. The Balaban J connectivity index is 2.10. The second kappa shape index (κ2) is 9.08. The lowest BCUT2D eigenvalue weighted by atomic mass is 10.2. The third-order valence-electron chi connectivity index (χ3n) is 3.44. The molecule has 0 bridgehead atoms. The Hall–Kier alpha value is -2.34. The summed E-state index contributed by atoms with van der Waals surface area (Å²) in [4.78, 5) is 14.0. The molecule has 0 spiro atoms. The van der Waals surface area contributed by atoms with E-state index in [0.29, 0.717) is 18.8 Å². The number of rotatable bonds is 9. The predicted octanol–water partition coefficient (Wildman–Crippen LogP) is 3.26. The van der Waals surface area contributed by atoms with Crippen LogP contribution >= 0.6 is 11.8 Å². The number of carbonyl (C=O) groups excluding carboxylic acids is 1. The number of thioether (sulfide) groups is 1. The molecule has 0 saturated heterocycles. The van der Waals surface area contributed by atoms with Crippen molar-refractivity contribution in [1.29, 1.82) is 0 Å². The molecule has 0 aliphatic rings. The van der Waals surface area contributed by atoms with Crippen molar-refractivity contribution < 1.29 is 4.79 Å². The standard InChI is InChI=1S/C18H22N4OS/c1-4-12-21(13-5-2)16(23)14-24-18-20-19-17(22(18)6-3)15-10-8-7-9-11-15/h4-5,7-11H,1-2,6,12-14H2,3H3. The number of aromatic nitrogens is 3. The minimum absolute atomic E-state index is 0.0340. The van der Waals surface area contributed by atoms with E-state index < -0.39 is 0 Å². The van der Waals surface area contributed by atoms with Gasteiger partial charge in [-0.3, -0.25) is 4.79 Å².